The normalized spacial score (nSPS) is 18.5. The molecule has 1 aromatic heterocycles. The summed E-state index contributed by atoms with van der Waals surface area (Å²) in [5, 5.41) is 3.88. The van der Waals surface area contributed by atoms with E-state index in [2.05, 4.69) is 26.2 Å². The molecule has 0 unspecified atom stereocenters. The van der Waals surface area contributed by atoms with Crippen LogP contribution in [0.5, 0.6) is 0 Å². The molecule has 0 radical (unpaired) electrons. The molecule has 0 atom stereocenters. The van der Waals surface area contributed by atoms with Gasteiger partial charge < -0.3 is 9.73 Å². The van der Waals surface area contributed by atoms with Crippen LogP contribution in [0.2, 0.25) is 5.02 Å². The number of thioether (sulfide) groups is 1. The molecule has 2 heterocycles. The monoisotopic (exact) mass is 382 g/mol. The lowest BCUT2D eigenvalue weighted by atomic mass is 10.3. The fourth-order valence-electron chi connectivity index (χ4n) is 1.65. The van der Waals surface area contributed by atoms with Gasteiger partial charge in [0.25, 0.3) is 5.91 Å². The van der Waals surface area contributed by atoms with Crippen LogP contribution in [-0.2, 0) is 4.79 Å². The Morgan fingerprint density at radius 3 is 2.67 bits per heavy atom. The van der Waals surface area contributed by atoms with Gasteiger partial charge in [0, 0.05) is 11.1 Å². The topological polar surface area (TPSA) is 54.6 Å². The highest BCUT2D eigenvalue weighted by Crippen LogP contribution is 2.29. The third-order valence-corrected chi connectivity index (χ3v) is 4.16. The quantitative estimate of drug-likeness (QED) is 0.772. The van der Waals surface area contributed by atoms with Crippen molar-refractivity contribution in [3.8, 4) is 0 Å². The number of hydrogen-bond donors (Lipinski definition) is 1. The van der Waals surface area contributed by atoms with Gasteiger partial charge in [-0.25, -0.2) is 4.99 Å². The maximum atomic E-state index is 11.9. The smallest absolute Gasteiger partial charge is 0.264 e. The largest absolute Gasteiger partial charge is 0.450 e. The number of amides is 1. The third-order valence-electron chi connectivity index (χ3n) is 2.58. The van der Waals surface area contributed by atoms with E-state index in [0.717, 1.165) is 5.69 Å². The Hall–Kier alpha value is -1.50. The number of amidine groups is 1. The molecule has 1 aliphatic rings. The highest BCUT2D eigenvalue weighted by atomic mass is 79.9. The van der Waals surface area contributed by atoms with Gasteiger partial charge >= 0.3 is 0 Å². The van der Waals surface area contributed by atoms with Crippen LogP contribution >= 0.6 is 39.3 Å². The number of rotatable bonds is 2. The average Bonchev–Trinajstić information content (AvgIpc) is 3.00. The van der Waals surface area contributed by atoms with Crippen LogP contribution in [0.3, 0.4) is 0 Å². The Kier molecular flexibility index (Phi) is 4.19. The molecule has 3 rings (SSSR count). The van der Waals surface area contributed by atoms with Crippen LogP contribution < -0.4 is 5.32 Å². The molecule has 106 valence electrons. The van der Waals surface area contributed by atoms with E-state index in [9.17, 15) is 4.79 Å². The number of furan rings is 1. The van der Waals surface area contributed by atoms with E-state index in [4.69, 9.17) is 16.0 Å². The Bertz CT molecular complexity index is 753. The lowest BCUT2D eigenvalue weighted by Crippen LogP contribution is -2.19. The van der Waals surface area contributed by atoms with Crippen molar-refractivity contribution in [2.75, 3.05) is 0 Å². The van der Waals surface area contributed by atoms with Gasteiger partial charge in [-0.3, -0.25) is 4.79 Å². The van der Waals surface area contributed by atoms with Crippen molar-refractivity contribution in [2.45, 2.75) is 0 Å². The van der Waals surface area contributed by atoms with Crippen LogP contribution in [0.25, 0.3) is 6.08 Å². The predicted molar refractivity (Wildman–Crippen MR) is 88.7 cm³/mol. The summed E-state index contributed by atoms with van der Waals surface area (Å²) >= 11 is 10.3. The molecule has 1 aliphatic heterocycles. The number of hydrogen-bond acceptors (Lipinski definition) is 4. The van der Waals surface area contributed by atoms with Gasteiger partial charge in [0.1, 0.15) is 5.76 Å². The van der Waals surface area contributed by atoms with Crippen molar-refractivity contribution in [1.29, 1.82) is 0 Å². The molecule has 21 heavy (non-hydrogen) atoms. The number of carbonyl (C=O) groups is 1. The average molecular weight is 384 g/mol. The number of nitrogens with one attached hydrogen (secondary N) is 1. The van der Waals surface area contributed by atoms with Crippen molar-refractivity contribution in [2.24, 2.45) is 4.99 Å². The lowest BCUT2D eigenvalue weighted by Gasteiger charge is -1.96. The van der Waals surface area contributed by atoms with Gasteiger partial charge in [-0.05, 0) is 64.1 Å². The van der Waals surface area contributed by atoms with Crippen molar-refractivity contribution >= 4 is 62.1 Å². The molecule has 2 aromatic rings. The number of halogens is 2. The first-order valence-corrected chi connectivity index (χ1v) is 7.89. The maximum Gasteiger partial charge on any atom is 0.264 e. The molecular formula is C14H8BrClN2O2S. The summed E-state index contributed by atoms with van der Waals surface area (Å²) < 4.78 is 5.97. The molecule has 1 fully saturated rings. The summed E-state index contributed by atoms with van der Waals surface area (Å²) in [5.74, 6) is 0.410. The zero-order valence-electron chi connectivity index (χ0n) is 10.5. The first-order valence-electron chi connectivity index (χ1n) is 5.91. The fraction of sp³-hybridized carbons (Fsp3) is 0. The van der Waals surface area contributed by atoms with Gasteiger partial charge in [0.2, 0.25) is 0 Å². The van der Waals surface area contributed by atoms with Crippen LogP contribution in [0, 0.1) is 0 Å². The number of aliphatic imine (C=N–C) groups is 1. The van der Waals surface area contributed by atoms with Crippen LogP contribution in [0.15, 0.2) is 55.4 Å². The van der Waals surface area contributed by atoms with Gasteiger partial charge in [-0.2, -0.15) is 0 Å². The van der Waals surface area contributed by atoms with E-state index in [0.29, 0.717) is 25.5 Å². The zero-order chi connectivity index (χ0) is 14.8. The lowest BCUT2D eigenvalue weighted by molar-refractivity contribution is -0.115. The summed E-state index contributed by atoms with van der Waals surface area (Å²) in [6.45, 7) is 0. The van der Waals surface area contributed by atoms with Gasteiger partial charge in [-0.1, -0.05) is 11.6 Å². The van der Waals surface area contributed by atoms with E-state index >= 15 is 0 Å². The standard InChI is InChI=1S/C14H8BrClN2O2S/c15-12-6-5-10(20-12)7-11-13(19)18-14(21-11)17-9-3-1-8(16)2-4-9/h1-7H,(H,17,18,19)/b11-7+. The zero-order valence-corrected chi connectivity index (χ0v) is 13.6. The summed E-state index contributed by atoms with van der Waals surface area (Å²) in [4.78, 5) is 16.8. The predicted octanol–water partition coefficient (Wildman–Crippen LogP) is 4.59. The summed E-state index contributed by atoms with van der Waals surface area (Å²) in [6, 6.07) is 10.6. The van der Waals surface area contributed by atoms with E-state index in [1.807, 2.05) is 0 Å². The van der Waals surface area contributed by atoms with Crippen molar-refractivity contribution in [3.63, 3.8) is 0 Å². The van der Waals surface area contributed by atoms with Gasteiger partial charge in [0.15, 0.2) is 9.84 Å². The minimum absolute atomic E-state index is 0.194. The Balaban J connectivity index is 1.81. The first kappa shape index (κ1) is 14.4. The molecule has 4 nitrogen and oxygen atoms in total. The molecule has 1 amide bonds. The molecule has 0 spiro atoms. The highest BCUT2D eigenvalue weighted by molar-refractivity contribution is 9.10. The number of nitrogens with zero attached hydrogens (tertiary/aromatic N) is 1. The summed E-state index contributed by atoms with van der Waals surface area (Å²) in [7, 11) is 0. The maximum absolute atomic E-state index is 11.9. The minimum Gasteiger partial charge on any atom is -0.450 e. The highest BCUT2D eigenvalue weighted by Gasteiger charge is 2.24. The van der Waals surface area contributed by atoms with Crippen LogP contribution in [-0.4, -0.2) is 11.1 Å². The first-order chi connectivity index (χ1) is 10.1. The molecule has 7 heteroatoms. The number of carbonyl (C=O) groups excluding carboxylic acids is 1. The minimum atomic E-state index is -0.194. The van der Waals surface area contributed by atoms with Crippen LogP contribution in [0.4, 0.5) is 5.69 Å². The molecular weight excluding hydrogens is 376 g/mol. The fourth-order valence-corrected chi connectivity index (χ4v) is 2.92. The van der Waals surface area contributed by atoms with Gasteiger partial charge in [0.05, 0.1) is 10.6 Å². The second-order valence-electron chi connectivity index (χ2n) is 4.10. The molecule has 0 aliphatic carbocycles. The van der Waals surface area contributed by atoms with Gasteiger partial charge in [-0.15, -0.1) is 0 Å². The van der Waals surface area contributed by atoms with Crippen molar-refractivity contribution < 1.29 is 9.21 Å². The van der Waals surface area contributed by atoms with E-state index in [-0.39, 0.29) is 5.91 Å². The molecule has 1 saturated heterocycles. The summed E-state index contributed by atoms with van der Waals surface area (Å²) in [6.07, 6.45) is 1.68. The molecule has 1 aromatic carbocycles. The second-order valence-corrected chi connectivity index (χ2v) is 6.35. The van der Waals surface area contributed by atoms with Crippen molar-refractivity contribution in [3.05, 3.63) is 56.8 Å². The SMILES string of the molecule is O=C1NC(=Nc2ccc(Cl)cc2)S/C1=C/c1ccc(Br)o1. The molecule has 1 N–H and O–H groups in total. The van der Waals surface area contributed by atoms with E-state index in [1.165, 1.54) is 11.8 Å². The Labute approximate surface area is 138 Å². The Morgan fingerprint density at radius 1 is 1.24 bits per heavy atom. The summed E-state index contributed by atoms with van der Waals surface area (Å²) in [5.41, 5.74) is 0.726. The third kappa shape index (κ3) is 3.58. The number of benzene rings is 1. The van der Waals surface area contributed by atoms with E-state index in [1.54, 1.807) is 42.5 Å². The second kappa shape index (κ2) is 6.09. The van der Waals surface area contributed by atoms with E-state index < -0.39 is 0 Å². The van der Waals surface area contributed by atoms with Crippen molar-refractivity contribution in [1.82, 2.24) is 5.32 Å². The van der Waals surface area contributed by atoms with Crippen LogP contribution in [0.1, 0.15) is 5.76 Å². The Morgan fingerprint density at radius 2 is 2.00 bits per heavy atom. The molecule has 0 saturated carbocycles. The molecule has 0 bridgehead atoms.